The standard InChI is InChI=1S/C25H53N/c1-23(2)17-11-7-8-14-20-26(21-15-9-12-18-24(3)4)22-16-10-13-19-25(5)6/h23-25H,7-22H2,1-6H3. The number of hydrogen-bond acceptors (Lipinski definition) is 1. The van der Waals surface area contributed by atoms with E-state index in [4.69, 9.17) is 0 Å². The van der Waals surface area contributed by atoms with E-state index in [0.29, 0.717) is 0 Å². The van der Waals surface area contributed by atoms with Gasteiger partial charge in [0.25, 0.3) is 0 Å². The molecule has 0 unspecified atom stereocenters. The Balaban J connectivity index is 3.87. The van der Waals surface area contributed by atoms with Gasteiger partial charge in [0.1, 0.15) is 0 Å². The van der Waals surface area contributed by atoms with E-state index in [-0.39, 0.29) is 0 Å². The van der Waals surface area contributed by atoms with Gasteiger partial charge < -0.3 is 4.90 Å². The van der Waals surface area contributed by atoms with Crippen molar-refractivity contribution in [1.82, 2.24) is 4.90 Å². The van der Waals surface area contributed by atoms with E-state index in [1.165, 1.54) is 103 Å². The lowest BCUT2D eigenvalue weighted by atomic mass is 10.0. The van der Waals surface area contributed by atoms with Gasteiger partial charge in [0.2, 0.25) is 0 Å². The predicted octanol–water partition coefficient (Wildman–Crippen LogP) is 8.33. The molecular formula is C25H53N. The molecule has 0 amide bonds. The van der Waals surface area contributed by atoms with Crippen LogP contribution in [0.4, 0.5) is 0 Å². The van der Waals surface area contributed by atoms with Crippen molar-refractivity contribution in [2.45, 2.75) is 125 Å². The Morgan fingerprint density at radius 1 is 0.385 bits per heavy atom. The molecule has 0 bridgehead atoms. The molecule has 0 heterocycles. The largest absolute Gasteiger partial charge is 0.303 e. The lowest BCUT2D eigenvalue weighted by Gasteiger charge is -2.22. The van der Waals surface area contributed by atoms with E-state index in [2.05, 4.69) is 46.4 Å². The minimum Gasteiger partial charge on any atom is -0.303 e. The third kappa shape index (κ3) is 20.3. The molecule has 0 saturated carbocycles. The number of unbranched alkanes of at least 4 members (excludes halogenated alkanes) is 7. The van der Waals surface area contributed by atoms with E-state index in [0.717, 1.165) is 17.8 Å². The fraction of sp³-hybridized carbons (Fsp3) is 1.00. The highest BCUT2D eigenvalue weighted by Gasteiger charge is 2.06. The van der Waals surface area contributed by atoms with Crippen molar-refractivity contribution in [3.05, 3.63) is 0 Å². The first kappa shape index (κ1) is 26.0. The molecule has 0 saturated heterocycles. The third-order valence-electron chi connectivity index (χ3n) is 5.52. The van der Waals surface area contributed by atoms with E-state index in [1.54, 1.807) is 0 Å². The second-order valence-electron chi connectivity index (χ2n) is 9.92. The molecule has 0 aliphatic carbocycles. The zero-order chi connectivity index (χ0) is 19.6. The molecule has 26 heavy (non-hydrogen) atoms. The van der Waals surface area contributed by atoms with Crippen LogP contribution in [0.2, 0.25) is 0 Å². The lowest BCUT2D eigenvalue weighted by Crippen LogP contribution is -2.27. The highest BCUT2D eigenvalue weighted by atomic mass is 15.1. The van der Waals surface area contributed by atoms with Crippen molar-refractivity contribution in [1.29, 1.82) is 0 Å². The van der Waals surface area contributed by atoms with Crippen LogP contribution in [0.15, 0.2) is 0 Å². The summed E-state index contributed by atoms with van der Waals surface area (Å²) in [5.74, 6) is 2.62. The predicted molar refractivity (Wildman–Crippen MR) is 121 cm³/mol. The second kappa shape index (κ2) is 18.3. The van der Waals surface area contributed by atoms with Crippen LogP contribution in [0.5, 0.6) is 0 Å². The van der Waals surface area contributed by atoms with Crippen LogP contribution in [0.1, 0.15) is 125 Å². The summed E-state index contributed by atoms with van der Waals surface area (Å²) >= 11 is 0. The van der Waals surface area contributed by atoms with Crippen LogP contribution >= 0.6 is 0 Å². The van der Waals surface area contributed by atoms with Crippen molar-refractivity contribution in [3.63, 3.8) is 0 Å². The van der Waals surface area contributed by atoms with Gasteiger partial charge in [-0.15, -0.1) is 0 Å². The van der Waals surface area contributed by atoms with Crippen LogP contribution in [0.25, 0.3) is 0 Å². The van der Waals surface area contributed by atoms with Gasteiger partial charge in [-0.3, -0.25) is 0 Å². The molecular weight excluding hydrogens is 314 g/mol. The Kier molecular flexibility index (Phi) is 18.3. The Bertz CT molecular complexity index is 251. The van der Waals surface area contributed by atoms with Gasteiger partial charge in [-0.1, -0.05) is 106 Å². The minimum absolute atomic E-state index is 0.873. The SMILES string of the molecule is CC(C)CCCCCCN(CCCCCC(C)C)CCCCCC(C)C. The molecule has 0 fully saturated rings. The van der Waals surface area contributed by atoms with Gasteiger partial charge in [0.15, 0.2) is 0 Å². The molecule has 0 rings (SSSR count). The van der Waals surface area contributed by atoms with Crippen molar-refractivity contribution < 1.29 is 0 Å². The molecule has 0 aromatic carbocycles. The summed E-state index contributed by atoms with van der Waals surface area (Å²) in [6.07, 6.45) is 18.5. The molecule has 0 radical (unpaired) electrons. The average Bonchev–Trinajstić information content (AvgIpc) is 2.55. The van der Waals surface area contributed by atoms with Crippen LogP contribution in [-0.2, 0) is 0 Å². The van der Waals surface area contributed by atoms with Gasteiger partial charge in [-0.2, -0.15) is 0 Å². The van der Waals surface area contributed by atoms with Crippen LogP contribution in [0.3, 0.4) is 0 Å². The molecule has 0 aliphatic heterocycles. The number of rotatable bonds is 19. The van der Waals surface area contributed by atoms with Gasteiger partial charge in [-0.05, 0) is 56.7 Å². The van der Waals surface area contributed by atoms with Crippen LogP contribution in [0, 0.1) is 17.8 Å². The van der Waals surface area contributed by atoms with E-state index < -0.39 is 0 Å². The van der Waals surface area contributed by atoms with Crippen molar-refractivity contribution >= 4 is 0 Å². The zero-order valence-electron chi connectivity index (χ0n) is 19.5. The molecule has 0 aliphatic rings. The summed E-state index contributed by atoms with van der Waals surface area (Å²) in [6.45, 7) is 18.1. The molecule has 0 atom stereocenters. The third-order valence-corrected chi connectivity index (χ3v) is 5.52. The first-order chi connectivity index (χ1) is 12.4. The molecule has 158 valence electrons. The number of nitrogens with zero attached hydrogens (tertiary/aromatic N) is 1. The minimum atomic E-state index is 0.873. The maximum absolute atomic E-state index is 2.78. The Morgan fingerprint density at radius 2 is 0.654 bits per heavy atom. The maximum atomic E-state index is 2.78. The highest BCUT2D eigenvalue weighted by Crippen LogP contribution is 2.13. The zero-order valence-corrected chi connectivity index (χ0v) is 19.5. The Hall–Kier alpha value is -0.0400. The molecule has 1 heteroatoms. The summed E-state index contributed by atoms with van der Waals surface area (Å²) in [5, 5.41) is 0. The van der Waals surface area contributed by atoms with Gasteiger partial charge in [0, 0.05) is 0 Å². The smallest absolute Gasteiger partial charge is 0.00187 e. The number of hydrogen-bond donors (Lipinski definition) is 0. The lowest BCUT2D eigenvalue weighted by molar-refractivity contribution is 0.253. The first-order valence-electron chi connectivity index (χ1n) is 12.1. The van der Waals surface area contributed by atoms with E-state index >= 15 is 0 Å². The molecule has 0 aromatic rings. The fourth-order valence-corrected chi connectivity index (χ4v) is 3.71. The van der Waals surface area contributed by atoms with Crippen molar-refractivity contribution in [2.75, 3.05) is 19.6 Å². The van der Waals surface area contributed by atoms with Crippen LogP contribution in [-0.4, -0.2) is 24.5 Å². The highest BCUT2D eigenvalue weighted by molar-refractivity contribution is 4.61. The van der Waals surface area contributed by atoms with Gasteiger partial charge in [-0.25, -0.2) is 0 Å². The molecule has 0 spiro atoms. The van der Waals surface area contributed by atoms with Crippen LogP contribution < -0.4 is 0 Å². The molecule has 0 aromatic heterocycles. The topological polar surface area (TPSA) is 3.24 Å². The summed E-state index contributed by atoms with van der Waals surface area (Å²) in [6, 6.07) is 0. The molecule has 1 nitrogen and oxygen atoms in total. The van der Waals surface area contributed by atoms with E-state index in [9.17, 15) is 0 Å². The summed E-state index contributed by atoms with van der Waals surface area (Å²) < 4.78 is 0. The Labute approximate surface area is 167 Å². The summed E-state index contributed by atoms with van der Waals surface area (Å²) in [4.78, 5) is 2.78. The average molecular weight is 368 g/mol. The van der Waals surface area contributed by atoms with Crippen molar-refractivity contribution in [2.24, 2.45) is 17.8 Å². The van der Waals surface area contributed by atoms with Crippen molar-refractivity contribution in [3.8, 4) is 0 Å². The monoisotopic (exact) mass is 367 g/mol. The summed E-state index contributed by atoms with van der Waals surface area (Å²) in [5.41, 5.74) is 0. The van der Waals surface area contributed by atoms with E-state index in [1.807, 2.05) is 0 Å². The fourth-order valence-electron chi connectivity index (χ4n) is 3.71. The second-order valence-corrected chi connectivity index (χ2v) is 9.92. The van der Waals surface area contributed by atoms with Gasteiger partial charge >= 0.3 is 0 Å². The quantitative estimate of drug-likeness (QED) is 0.207. The summed E-state index contributed by atoms with van der Waals surface area (Å²) in [7, 11) is 0. The maximum Gasteiger partial charge on any atom is -0.00187 e. The van der Waals surface area contributed by atoms with Gasteiger partial charge in [0.05, 0.1) is 0 Å². The first-order valence-corrected chi connectivity index (χ1v) is 12.1. The Morgan fingerprint density at radius 3 is 0.962 bits per heavy atom. The molecule has 0 N–H and O–H groups in total. The normalized spacial score (nSPS) is 12.2.